The number of carbonyl (C=O) groups is 2. The summed E-state index contributed by atoms with van der Waals surface area (Å²) in [4.78, 5) is 22.6. The van der Waals surface area contributed by atoms with Crippen LogP contribution in [0.4, 0.5) is 5.69 Å². The van der Waals surface area contributed by atoms with Gasteiger partial charge >= 0.3 is 5.97 Å². The predicted molar refractivity (Wildman–Crippen MR) is 88.1 cm³/mol. The maximum absolute atomic E-state index is 11.8. The molecule has 0 aliphatic heterocycles. The number of aryl methyl sites for hydroxylation is 1. The van der Waals surface area contributed by atoms with E-state index in [1.807, 2.05) is 50.2 Å². The van der Waals surface area contributed by atoms with Crippen molar-refractivity contribution in [3.63, 3.8) is 0 Å². The third-order valence-electron chi connectivity index (χ3n) is 2.87. The summed E-state index contributed by atoms with van der Waals surface area (Å²) < 4.78 is 0. The van der Waals surface area contributed by atoms with E-state index in [-0.39, 0.29) is 11.5 Å². The number of carbonyl (C=O) groups excluding carboxylic acids is 1. The molecule has 0 heterocycles. The summed E-state index contributed by atoms with van der Waals surface area (Å²) >= 11 is 0. The second-order valence-electron chi connectivity index (χ2n) is 4.42. The van der Waals surface area contributed by atoms with Crippen LogP contribution in [0.1, 0.15) is 36.2 Å². The maximum Gasteiger partial charge on any atom is 0.335 e. The molecule has 0 radical (unpaired) electrons. The van der Waals surface area contributed by atoms with Gasteiger partial charge in [-0.15, -0.1) is 0 Å². The summed E-state index contributed by atoms with van der Waals surface area (Å²) in [5.41, 5.74) is 1.84. The van der Waals surface area contributed by atoms with Crippen LogP contribution in [0.2, 0.25) is 0 Å². The molecule has 22 heavy (non-hydrogen) atoms. The molecule has 1 amide bonds. The summed E-state index contributed by atoms with van der Waals surface area (Å²) in [5, 5.41) is 11.7. The Hall–Kier alpha value is -2.62. The van der Waals surface area contributed by atoms with Crippen molar-refractivity contribution >= 4 is 17.6 Å². The van der Waals surface area contributed by atoms with Crippen LogP contribution >= 0.6 is 0 Å². The zero-order valence-corrected chi connectivity index (χ0v) is 12.9. The molecule has 0 aliphatic carbocycles. The average molecular weight is 299 g/mol. The highest BCUT2D eigenvalue weighted by Gasteiger charge is 2.06. The lowest BCUT2D eigenvalue weighted by atomic mass is 10.1. The van der Waals surface area contributed by atoms with Crippen LogP contribution in [0.15, 0.2) is 54.6 Å². The Morgan fingerprint density at radius 2 is 1.68 bits per heavy atom. The summed E-state index contributed by atoms with van der Waals surface area (Å²) in [5.74, 6) is -1.04. The zero-order valence-electron chi connectivity index (χ0n) is 12.9. The second kappa shape index (κ2) is 9.34. The summed E-state index contributed by atoms with van der Waals surface area (Å²) in [7, 11) is 0. The maximum atomic E-state index is 11.8. The number of amides is 1. The van der Waals surface area contributed by atoms with Gasteiger partial charge in [0, 0.05) is 12.1 Å². The number of anilines is 1. The van der Waals surface area contributed by atoms with Crippen LogP contribution in [-0.4, -0.2) is 17.0 Å². The van der Waals surface area contributed by atoms with Crippen LogP contribution in [0.3, 0.4) is 0 Å². The molecule has 2 aromatic carbocycles. The van der Waals surface area contributed by atoms with Gasteiger partial charge < -0.3 is 10.4 Å². The lowest BCUT2D eigenvalue weighted by molar-refractivity contribution is -0.116. The normalized spacial score (nSPS) is 9.36. The van der Waals surface area contributed by atoms with Crippen molar-refractivity contribution in [2.45, 2.75) is 26.7 Å². The van der Waals surface area contributed by atoms with E-state index >= 15 is 0 Å². The van der Waals surface area contributed by atoms with E-state index in [0.717, 1.165) is 11.3 Å². The third-order valence-corrected chi connectivity index (χ3v) is 2.87. The van der Waals surface area contributed by atoms with Gasteiger partial charge in [-0.1, -0.05) is 44.2 Å². The van der Waals surface area contributed by atoms with E-state index in [1.54, 1.807) is 12.1 Å². The van der Waals surface area contributed by atoms with Crippen LogP contribution in [0.25, 0.3) is 0 Å². The monoisotopic (exact) mass is 299 g/mol. The van der Waals surface area contributed by atoms with Gasteiger partial charge in [-0.25, -0.2) is 4.79 Å². The Kier molecular flexibility index (Phi) is 7.40. The quantitative estimate of drug-likeness (QED) is 0.877. The zero-order chi connectivity index (χ0) is 16.4. The van der Waals surface area contributed by atoms with Gasteiger partial charge in [0.05, 0.1) is 5.56 Å². The van der Waals surface area contributed by atoms with Gasteiger partial charge in [0.25, 0.3) is 0 Å². The lowest BCUT2D eigenvalue weighted by Gasteiger charge is -2.05. The van der Waals surface area contributed by atoms with Crippen LogP contribution in [0.5, 0.6) is 0 Å². The number of hydrogen-bond donors (Lipinski definition) is 2. The Balaban J connectivity index is 0.00000116. The molecule has 0 bridgehead atoms. The minimum Gasteiger partial charge on any atom is -0.478 e. The summed E-state index contributed by atoms with van der Waals surface area (Å²) in [6, 6.07) is 15.9. The molecule has 0 saturated carbocycles. The molecule has 2 aromatic rings. The minimum atomic E-state index is -0.958. The number of benzene rings is 2. The molecule has 0 aromatic heterocycles. The van der Waals surface area contributed by atoms with E-state index in [9.17, 15) is 9.59 Å². The summed E-state index contributed by atoms with van der Waals surface area (Å²) in [6.45, 7) is 4.00. The predicted octanol–water partition coefficient (Wildman–Crippen LogP) is 3.98. The number of carboxylic acids is 1. The van der Waals surface area contributed by atoms with Gasteiger partial charge in [-0.05, 0) is 36.2 Å². The van der Waals surface area contributed by atoms with E-state index in [0.29, 0.717) is 12.8 Å². The molecule has 0 saturated heterocycles. The van der Waals surface area contributed by atoms with Gasteiger partial charge in [-0.3, -0.25) is 4.79 Å². The van der Waals surface area contributed by atoms with Gasteiger partial charge in [-0.2, -0.15) is 0 Å². The highest BCUT2D eigenvalue weighted by molar-refractivity contribution is 5.91. The number of carboxylic acid groups (broad SMARTS) is 1. The second-order valence-corrected chi connectivity index (χ2v) is 4.42. The Morgan fingerprint density at radius 3 is 2.32 bits per heavy atom. The first-order valence-electron chi connectivity index (χ1n) is 7.32. The van der Waals surface area contributed by atoms with Crippen LogP contribution < -0.4 is 5.32 Å². The van der Waals surface area contributed by atoms with Crippen molar-refractivity contribution in [3.8, 4) is 0 Å². The van der Waals surface area contributed by atoms with Crippen molar-refractivity contribution in [1.82, 2.24) is 0 Å². The smallest absolute Gasteiger partial charge is 0.335 e. The number of para-hydroxylation sites is 1. The first-order chi connectivity index (χ1) is 10.6. The fraction of sp³-hybridized carbons (Fsp3) is 0.222. The van der Waals surface area contributed by atoms with Crippen molar-refractivity contribution in [2.75, 3.05) is 5.32 Å². The van der Waals surface area contributed by atoms with E-state index in [1.165, 1.54) is 6.07 Å². The third kappa shape index (κ3) is 5.79. The van der Waals surface area contributed by atoms with E-state index < -0.39 is 5.97 Å². The molecule has 0 spiro atoms. The molecule has 0 atom stereocenters. The van der Waals surface area contributed by atoms with Gasteiger partial charge in [0.15, 0.2) is 0 Å². The first kappa shape index (κ1) is 17.4. The highest BCUT2D eigenvalue weighted by Crippen LogP contribution is 2.10. The van der Waals surface area contributed by atoms with Gasteiger partial charge in [0.2, 0.25) is 5.91 Å². The number of hydrogen-bond acceptors (Lipinski definition) is 2. The Morgan fingerprint density at radius 1 is 1.00 bits per heavy atom. The van der Waals surface area contributed by atoms with Crippen molar-refractivity contribution in [1.29, 1.82) is 0 Å². The fourth-order valence-electron chi connectivity index (χ4n) is 1.86. The molecular formula is C18H21NO3. The molecular weight excluding hydrogens is 278 g/mol. The number of aromatic carboxylic acids is 1. The SMILES string of the molecule is CC.O=C(CCc1cccc(C(=O)O)c1)Nc1ccccc1. The standard InChI is InChI=1S/C16H15NO3.C2H6/c18-15(17-14-7-2-1-3-8-14)10-9-12-5-4-6-13(11-12)16(19)20;1-2/h1-8,11H,9-10H2,(H,17,18)(H,19,20);1-2H3. The molecule has 0 aliphatic rings. The first-order valence-corrected chi connectivity index (χ1v) is 7.32. The topological polar surface area (TPSA) is 66.4 Å². The number of rotatable bonds is 5. The molecule has 2 N–H and O–H groups in total. The van der Waals surface area contributed by atoms with Gasteiger partial charge in [0.1, 0.15) is 0 Å². The largest absolute Gasteiger partial charge is 0.478 e. The molecule has 116 valence electrons. The summed E-state index contributed by atoms with van der Waals surface area (Å²) in [6.07, 6.45) is 0.831. The van der Waals surface area contributed by atoms with E-state index in [4.69, 9.17) is 5.11 Å². The van der Waals surface area contributed by atoms with Crippen molar-refractivity contribution < 1.29 is 14.7 Å². The highest BCUT2D eigenvalue weighted by atomic mass is 16.4. The average Bonchev–Trinajstić information content (AvgIpc) is 2.56. The molecule has 0 fully saturated rings. The Bertz CT molecular complexity index is 609. The molecule has 0 unspecified atom stereocenters. The van der Waals surface area contributed by atoms with Crippen molar-refractivity contribution in [2.24, 2.45) is 0 Å². The van der Waals surface area contributed by atoms with E-state index in [2.05, 4.69) is 5.32 Å². The fourth-order valence-corrected chi connectivity index (χ4v) is 1.86. The molecule has 4 heteroatoms. The van der Waals surface area contributed by atoms with Crippen LogP contribution in [-0.2, 0) is 11.2 Å². The molecule has 2 rings (SSSR count). The number of nitrogens with one attached hydrogen (secondary N) is 1. The lowest BCUT2D eigenvalue weighted by Crippen LogP contribution is -2.12. The van der Waals surface area contributed by atoms with Crippen LogP contribution in [0, 0.1) is 0 Å². The Labute approximate surface area is 130 Å². The minimum absolute atomic E-state index is 0.0862. The molecule has 4 nitrogen and oxygen atoms in total. The van der Waals surface area contributed by atoms with Crippen molar-refractivity contribution in [3.05, 3.63) is 65.7 Å².